The van der Waals surface area contributed by atoms with Gasteiger partial charge in [0.2, 0.25) is 0 Å². The number of likely N-dealkylation sites (N-methyl/N-ethyl adjacent to an activating group) is 3. The molecule has 189 valence electrons. The van der Waals surface area contributed by atoms with Gasteiger partial charge in [0.25, 0.3) is 0 Å². The second kappa shape index (κ2) is 26.2. The van der Waals surface area contributed by atoms with Crippen LogP contribution in [0.1, 0.15) is 41.5 Å². The summed E-state index contributed by atoms with van der Waals surface area (Å²) in [6.07, 6.45) is 5.46. The van der Waals surface area contributed by atoms with Crippen LogP contribution in [-0.4, -0.2) is 104 Å². The number of aromatic nitrogens is 1. The predicted octanol–water partition coefficient (Wildman–Crippen LogP) is 3.76. The van der Waals surface area contributed by atoms with E-state index in [0.717, 1.165) is 5.75 Å². The van der Waals surface area contributed by atoms with Crippen LogP contribution in [0.25, 0.3) is 0 Å². The second-order valence-electron chi connectivity index (χ2n) is 7.55. The Bertz CT molecular complexity index is 479. The average molecular weight is 544 g/mol. The average Bonchev–Trinajstić information content (AvgIpc) is 2.76. The van der Waals surface area contributed by atoms with Gasteiger partial charge in [-0.2, -0.15) is 0 Å². The molecule has 32 heavy (non-hydrogen) atoms. The molecule has 0 bridgehead atoms. The molecule has 2 rings (SSSR count). The smallest absolute Gasteiger partial charge is 0.513 e. The zero-order valence-corrected chi connectivity index (χ0v) is 22.6. The van der Waals surface area contributed by atoms with Crippen LogP contribution in [0.3, 0.4) is 0 Å². The fraction of sp³-hybridized carbons (Fsp3) is 0.708. The molecule has 1 aliphatic rings. The summed E-state index contributed by atoms with van der Waals surface area (Å²) in [7, 11) is 8.24. The van der Waals surface area contributed by atoms with E-state index in [1.807, 2.05) is 0 Å². The minimum Gasteiger partial charge on any atom is -0.513 e. The predicted molar refractivity (Wildman–Crippen MR) is 134 cm³/mol. The maximum Gasteiger partial charge on any atom is 3.00 e. The largest absolute Gasteiger partial charge is 3.00 e. The number of pyridine rings is 1. The zero-order valence-electron chi connectivity index (χ0n) is 20.9. The van der Waals surface area contributed by atoms with Gasteiger partial charge in [-0.25, -0.2) is 0 Å². The Balaban J connectivity index is -0.000000174. The normalized spacial score (nSPS) is 16.2. The third-order valence-corrected chi connectivity index (χ3v) is 3.96. The molecule has 7 nitrogen and oxygen atoms in total. The standard InChI is InChI=1S/C9H21N3.C6H7NO.C5H10O2.C3H8.CH4.Ru/c1-10-4-6-11(2)8-9-12(3)7-5-10;1-8-6-2-4-7-5-3-6;1-4(6)3-5(2)7;1-3-2;;/h4-9H2,1-3H3;2-5H,1H3;3-4,6-7H,1-2H3;3H2,1-2H3;1H4;/q;;;;;+3. The summed E-state index contributed by atoms with van der Waals surface area (Å²) < 4.78 is 4.87. The van der Waals surface area contributed by atoms with Gasteiger partial charge in [-0.05, 0) is 53.2 Å². The summed E-state index contributed by atoms with van der Waals surface area (Å²) in [5.74, 6) is 1.01. The van der Waals surface area contributed by atoms with Crippen LogP contribution in [0.2, 0.25) is 0 Å². The van der Waals surface area contributed by atoms with Crippen LogP contribution >= 0.6 is 0 Å². The van der Waals surface area contributed by atoms with E-state index in [9.17, 15) is 0 Å². The Hall–Kier alpha value is -1.05. The van der Waals surface area contributed by atoms with Crippen LogP contribution in [0, 0.1) is 0 Å². The Morgan fingerprint density at radius 1 is 1.00 bits per heavy atom. The van der Waals surface area contributed by atoms with Crippen molar-refractivity contribution in [3.63, 3.8) is 0 Å². The van der Waals surface area contributed by atoms with Crippen molar-refractivity contribution in [1.29, 1.82) is 0 Å². The molecule has 1 aromatic rings. The minimum atomic E-state index is -0.537. The topological polar surface area (TPSA) is 72.3 Å². The van der Waals surface area contributed by atoms with E-state index in [-0.39, 0.29) is 32.7 Å². The first kappa shape index (κ1) is 38.2. The molecule has 1 saturated heterocycles. The van der Waals surface area contributed by atoms with Crippen molar-refractivity contribution < 1.29 is 34.4 Å². The van der Waals surface area contributed by atoms with Crippen molar-refractivity contribution >= 4 is 0 Å². The summed E-state index contributed by atoms with van der Waals surface area (Å²) in [5.41, 5.74) is 0. The summed E-state index contributed by atoms with van der Waals surface area (Å²) in [6, 6.07) is 3.61. The van der Waals surface area contributed by atoms with Gasteiger partial charge < -0.3 is 29.6 Å². The Labute approximate surface area is 211 Å². The maximum atomic E-state index is 8.49. The number of rotatable bonds is 2. The molecule has 2 heterocycles. The molecule has 1 atom stereocenters. The third kappa shape index (κ3) is 29.0. The zero-order chi connectivity index (χ0) is 23.4. The van der Waals surface area contributed by atoms with Crippen LogP contribution in [0.4, 0.5) is 0 Å². The number of hydrogen-bond donors (Lipinski definition) is 2. The number of nitrogens with zero attached hydrogens (tertiary/aromatic N) is 4. The number of aliphatic hydroxyl groups excluding tert-OH is 2. The summed E-state index contributed by atoms with van der Waals surface area (Å²) in [4.78, 5) is 11.0. The van der Waals surface area contributed by atoms with E-state index in [1.54, 1.807) is 38.6 Å². The summed E-state index contributed by atoms with van der Waals surface area (Å²) in [6.45, 7) is 14.5. The van der Waals surface area contributed by atoms with Crippen molar-refractivity contribution in [2.75, 3.05) is 67.5 Å². The van der Waals surface area contributed by atoms with Crippen molar-refractivity contribution in [3.8, 4) is 5.75 Å². The van der Waals surface area contributed by atoms with E-state index in [2.05, 4.69) is 54.7 Å². The number of ether oxygens (including phenoxy) is 1. The van der Waals surface area contributed by atoms with Crippen molar-refractivity contribution in [2.45, 2.75) is 47.6 Å². The van der Waals surface area contributed by atoms with Crippen LogP contribution in [0.15, 0.2) is 36.4 Å². The molecule has 0 aliphatic carbocycles. The first-order valence-electron chi connectivity index (χ1n) is 10.7. The van der Waals surface area contributed by atoms with Gasteiger partial charge in [0, 0.05) is 51.7 Å². The first-order valence-corrected chi connectivity index (χ1v) is 10.7. The molecule has 1 aliphatic heterocycles. The number of methoxy groups -OCH3 is 1. The molecule has 1 unspecified atom stereocenters. The van der Waals surface area contributed by atoms with E-state index in [4.69, 9.17) is 14.9 Å². The quantitative estimate of drug-likeness (QED) is 0.435. The molecule has 0 saturated carbocycles. The van der Waals surface area contributed by atoms with E-state index in [0.29, 0.717) is 0 Å². The van der Waals surface area contributed by atoms with Gasteiger partial charge in [-0.15, -0.1) is 0 Å². The summed E-state index contributed by atoms with van der Waals surface area (Å²) in [5, 5.41) is 16.9. The van der Waals surface area contributed by atoms with Crippen LogP contribution in [-0.2, 0) is 19.5 Å². The Kier molecular flexibility index (Phi) is 31.3. The van der Waals surface area contributed by atoms with Crippen LogP contribution in [0.5, 0.6) is 5.75 Å². The van der Waals surface area contributed by atoms with Gasteiger partial charge in [-0.3, -0.25) is 4.98 Å². The molecule has 0 spiro atoms. The van der Waals surface area contributed by atoms with Gasteiger partial charge in [0.15, 0.2) is 0 Å². The van der Waals surface area contributed by atoms with E-state index in [1.165, 1.54) is 58.7 Å². The molecule has 0 amide bonds. The number of aliphatic hydroxyl groups is 2. The van der Waals surface area contributed by atoms with Gasteiger partial charge >= 0.3 is 19.5 Å². The first-order chi connectivity index (χ1) is 14.2. The van der Waals surface area contributed by atoms with E-state index < -0.39 is 6.10 Å². The number of allylic oxidation sites excluding steroid dienone is 1. The molecule has 1 radical (unpaired) electrons. The van der Waals surface area contributed by atoms with Crippen molar-refractivity contribution in [2.24, 2.45) is 0 Å². The third-order valence-electron chi connectivity index (χ3n) is 3.96. The fourth-order valence-corrected chi connectivity index (χ4v) is 2.18. The SMILES string of the molecule is C.CC(O)=CC(C)O.CCC.CN1CCN(C)CCN(C)CC1.COc1ccncc1.[Ru+3]. The molecule has 1 fully saturated rings. The molecule has 0 aromatic carbocycles. The number of hydrogen-bond acceptors (Lipinski definition) is 7. The Morgan fingerprint density at radius 3 is 1.47 bits per heavy atom. The molecule has 1 aromatic heterocycles. The fourth-order valence-electron chi connectivity index (χ4n) is 2.18. The maximum absolute atomic E-state index is 8.49. The molecular formula is C24H50N4O3Ru+3. The van der Waals surface area contributed by atoms with Gasteiger partial charge in [-0.1, -0.05) is 27.7 Å². The minimum absolute atomic E-state index is 0. The van der Waals surface area contributed by atoms with Crippen LogP contribution < -0.4 is 4.74 Å². The van der Waals surface area contributed by atoms with Gasteiger partial charge in [0.05, 0.1) is 19.0 Å². The molecular weight excluding hydrogens is 493 g/mol. The monoisotopic (exact) mass is 544 g/mol. The van der Waals surface area contributed by atoms with Crippen molar-refractivity contribution in [1.82, 2.24) is 19.7 Å². The van der Waals surface area contributed by atoms with E-state index >= 15 is 0 Å². The van der Waals surface area contributed by atoms with Gasteiger partial charge in [0.1, 0.15) is 5.75 Å². The Morgan fingerprint density at radius 2 is 1.31 bits per heavy atom. The molecule has 8 heteroatoms. The molecule has 2 N–H and O–H groups in total. The summed E-state index contributed by atoms with van der Waals surface area (Å²) >= 11 is 0. The van der Waals surface area contributed by atoms with Crippen molar-refractivity contribution in [3.05, 3.63) is 36.4 Å². The second-order valence-corrected chi connectivity index (χ2v) is 7.55.